The summed E-state index contributed by atoms with van der Waals surface area (Å²) < 4.78 is 0. The summed E-state index contributed by atoms with van der Waals surface area (Å²) in [5, 5.41) is 10.2. The highest BCUT2D eigenvalue weighted by Gasteiger charge is 2.16. The molecule has 0 fully saturated rings. The number of rotatable bonds is 3. The minimum Gasteiger partial charge on any atom is -0.365 e. The van der Waals surface area contributed by atoms with Gasteiger partial charge < -0.3 is 5.73 Å². The van der Waals surface area contributed by atoms with E-state index in [1.807, 2.05) is 6.07 Å². The van der Waals surface area contributed by atoms with E-state index in [9.17, 15) is 4.79 Å². The Balaban J connectivity index is 3.59. The number of hydrazine groups is 1. The Morgan fingerprint density at radius 1 is 1.56 bits per heavy atom. The summed E-state index contributed by atoms with van der Waals surface area (Å²) >= 11 is 0. The third-order valence-corrected chi connectivity index (χ3v) is 2.03. The summed E-state index contributed by atoms with van der Waals surface area (Å²) in [7, 11) is 1.54. The third-order valence-electron chi connectivity index (χ3n) is 2.03. The summed E-state index contributed by atoms with van der Waals surface area (Å²) in [6.07, 6.45) is 0. The number of nitriles is 1. The number of amides is 1. The molecular weight excluding hydrogens is 232 g/mol. The summed E-state index contributed by atoms with van der Waals surface area (Å²) in [5.41, 5.74) is 6.21. The monoisotopic (exact) mass is 246 g/mol. The van der Waals surface area contributed by atoms with Gasteiger partial charge in [-0.2, -0.15) is 5.26 Å². The van der Waals surface area contributed by atoms with Gasteiger partial charge in [-0.25, -0.2) is 15.8 Å². The average molecular weight is 246 g/mol. The number of nitrogens with zero attached hydrogens (tertiary/aromatic N) is 4. The summed E-state index contributed by atoms with van der Waals surface area (Å²) in [5.74, 6) is 5.28. The molecule has 0 atom stereocenters. The van der Waals surface area contributed by atoms with E-state index in [1.165, 1.54) is 11.1 Å². The molecule has 1 heterocycles. The fourth-order valence-corrected chi connectivity index (χ4v) is 1.32. The number of aliphatic imine (C=N–C) groups is 1. The summed E-state index contributed by atoms with van der Waals surface area (Å²) in [6.45, 7) is 3.52. The highest BCUT2D eigenvalue weighted by molar-refractivity contribution is 5.99. The molecule has 94 valence electrons. The van der Waals surface area contributed by atoms with Crippen LogP contribution in [0.1, 0.15) is 29.8 Å². The van der Waals surface area contributed by atoms with Crippen molar-refractivity contribution in [2.24, 2.45) is 16.6 Å². The predicted octanol–water partition coefficient (Wildman–Crippen LogP) is 0.474. The Bertz CT molecular complexity index is 551. The highest BCUT2D eigenvalue weighted by atomic mass is 16.1. The van der Waals surface area contributed by atoms with E-state index >= 15 is 0 Å². The van der Waals surface area contributed by atoms with Gasteiger partial charge in [0.05, 0.1) is 11.1 Å². The second kappa shape index (κ2) is 5.25. The van der Waals surface area contributed by atoms with Crippen LogP contribution >= 0.6 is 0 Å². The molecule has 0 spiro atoms. The number of anilines is 1. The van der Waals surface area contributed by atoms with Gasteiger partial charge in [0.2, 0.25) is 0 Å². The Labute approximate surface area is 105 Å². The molecule has 0 saturated carbocycles. The maximum absolute atomic E-state index is 11.3. The zero-order chi connectivity index (χ0) is 13.9. The van der Waals surface area contributed by atoms with Crippen molar-refractivity contribution in [1.29, 1.82) is 5.26 Å². The zero-order valence-corrected chi connectivity index (χ0v) is 10.4. The first-order valence-electron chi connectivity index (χ1n) is 5.12. The second-order valence-electron chi connectivity index (χ2n) is 3.88. The lowest BCUT2D eigenvalue weighted by atomic mass is 10.1. The van der Waals surface area contributed by atoms with Gasteiger partial charge in [0.25, 0.3) is 5.91 Å². The van der Waals surface area contributed by atoms with E-state index in [-0.39, 0.29) is 22.8 Å². The van der Waals surface area contributed by atoms with Gasteiger partial charge in [0, 0.05) is 12.8 Å². The van der Waals surface area contributed by atoms with Crippen LogP contribution in [-0.4, -0.2) is 23.7 Å². The molecule has 0 aliphatic rings. The van der Waals surface area contributed by atoms with Crippen molar-refractivity contribution in [1.82, 2.24) is 4.98 Å². The van der Waals surface area contributed by atoms with Crippen molar-refractivity contribution < 1.29 is 4.79 Å². The maximum Gasteiger partial charge on any atom is 0.252 e. The fourth-order valence-electron chi connectivity index (χ4n) is 1.32. The maximum atomic E-state index is 11.3. The van der Waals surface area contributed by atoms with Gasteiger partial charge in [0.15, 0.2) is 11.6 Å². The quantitative estimate of drug-likeness (QED) is 0.456. The molecule has 1 aromatic rings. The molecule has 7 heteroatoms. The zero-order valence-electron chi connectivity index (χ0n) is 10.4. The van der Waals surface area contributed by atoms with Crippen LogP contribution in [0.5, 0.6) is 0 Å². The molecule has 1 amide bonds. The molecule has 0 saturated heterocycles. The van der Waals surface area contributed by atoms with Crippen molar-refractivity contribution in [2.45, 2.75) is 13.8 Å². The van der Waals surface area contributed by atoms with E-state index in [4.69, 9.17) is 16.8 Å². The Morgan fingerprint density at radius 2 is 2.17 bits per heavy atom. The van der Waals surface area contributed by atoms with Crippen LogP contribution in [0.3, 0.4) is 0 Å². The van der Waals surface area contributed by atoms with Crippen molar-refractivity contribution in [2.75, 3.05) is 12.1 Å². The van der Waals surface area contributed by atoms with Crippen LogP contribution in [-0.2, 0) is 0 Å². The molecule has 18 heavy (non-hydrogen) atoms. The molecule has 0 aliphatic heterocycles. The van der Waals surface area contributed by atoms with Crippen molar-refractivity contribution in [3.63, 3.8) is 0 Å². The van der Waals surface area contributed by atoms with Gasteiger partial charge >= 0.3 is 0 Å². The number of pyridine rings is 1. The standard InChI is InChI=1S/C11H14N6O/c1-6(2)15-10-8(9(13)18)4-7(5-12)11(16-10)17(3)14/h4H,14H2,1-3H3,(H2,13,18). The lowest BCUT2D eigenvalue weighted by Crippen LogP contribution is -2.27. The lowest BCUT2D eigenvalue weighted by Gasteiger charge is -2.14. The molecule has 0 radical (unpaired) electrons. The number of primary amides is 1. The minimum atomic E-state index is -0.690. The van der Waals surface area contributed by atoms with Crippen molar-refractivity contribution >= 4 is 23.3 Å². The number of nitrogens with two attached hydrogens (primary N) is 2. The SMILES string of the molecule is CC(C)=Nc1nc(N(C)N)c(C#N)cc1C(N)=O. The first-order chi connectivity index (χ1) is 8.36. The number of hydrogen-bond donors (Lipinski definition) is 2. The Morgan fingerprint density at radius 3 is 2.56 bits per heavy atom. The van der Waals surface area contributed by atoms with Crippen LogP contribution in [0, 0.1) is 11.3 Å². The highest BCUT2D eigenvalue weighted by Crippen LogP contribution is 2.24. The van der Waals surface area contributed by atoms with Crippen LogP contribution in [0.2, 0.25) is 0 Å². The number of hydrogen-bond acceptors (Lipinski definition) is 6. The molecule has 0 bridgehead atoms. The predicted molar refractivity (Wildman–Crippen MR) is 68.5 cm³/mol. The molecule has 0 unspecified atom stereocenters. The third kappa shape index (κ3) is 2.81. The number of carbonyl (C=O) groups excluding carboxylic acids is 1. The van der Waals surface area contributed by atoms with E-state index in [0.717, 1.165) is 0 Å². The van der Waals surface area contributed by atoms with Gasteiger partial charge in [-0.1, -0.05) is 0 Å². The largest absolute Gasteiger partial charge is 0.365 e. The average Bonchev–Trinajstić information content (AvgIpc) is 2.27. The van der Waals surface area contributed by atoms with Crippen LogP contribution in [0.4, 0.5) is 11.6 Å². The Kier molecular flexibility index (Phi) is 3.97. The number of carbonyl (C=O) groups is 1. The Hall–Kier alpha value is -2.46. The summed E-state index contributed by atoms with van der Waals surface area (Å²) in [4.78, 5) is 19.5. The van der Waals surface area contributed by atoms with E-state index in [2.05, 4.69) is 9.98 Å². The van der Waals surface area contributed by atoms with Crippen molar-refractivity contribution in [3.8, 4) is 6.07 Å². The fraction of sp³-hybridized carbons (Fsp3) is 0.273. The van der Waals surface area contributed by atoms with E-state index in [0.29, 0.717) is 5.71 Å². The summed E-state index contributed by atoms with van der Waals surface area (Å²) in [6, 6.07) is 3.26. The van der Waals surface area contributed by atoms with Crippen molar-refractivity contribution in [3.05, 3.63) is 17.2 Å². The topological polar surface area (TPSA) is 121 Å². The minimum absolute atomic E-state index is 0.0957. The molecule has 4 N–H and O–H groups in total. The van der Waals surface area contributed by atoms with Gasteiger partial charge in [-0.05, 0) is 19.9 Å². The molecule has 1 rings (SSSR count). The molecule has 1 aromatic heterocycles. The van der Waals surface area contributed by atoms with Crippen LogP contribution < -0.4 is 16.6 Å². The van der Waals surface area contributed by atoms with Gasteiger partial charge in [0.1, 0.15) is 6.07 Å². The smallest absolute Gasteiger partial charge is 0.252 e. The first kappa shape index (κ1) is 13.6. The number of aromatic nitrogens is 1. The van der Waals surface area contributed by atoms with Crippen LogP contribution in [0.15, 0.2) is 11.1 Å². The van der Waals surface area contributed by atoms with Gasteiger partial charge in [-0.3, -0.25) is 9.80 Å². The molecule has 7 nitrogen and oxygen atoms in total. The lowest BCUT2D eigenvalue weighted by molar-refractivity contribution is 0.100. The molecule has 0 aliphatic carbocycles. The normalized spacial score (nSPS) is 9.50. The van der Waals surface area contributed by atoms with E-state index in [1.54, 1.807) is 20.9 Å². The first-order valence-corrected chi connectivity index (χ1v) is 5.12. The van der Waals surface area contributed by atoms with Crippen LogP contribution in [0.25, 0.3) is 0 Å². The van der Waals surface area contributed by atoms with E-state index < -0.39 is 5.91 Å². The molecular formula is C11H14N6O. The molecule has 0 aromatic carbocycles. The van der Waals surface area contributed by atoms with Gasteiger partial charge in [-0.15, -0.1) is 0 Å². The second-order valence-corrected chi connectivity index (χ2v) is 3.88.